The van der Waals surface area contributed by atoms with E-state index in [1.54, 1.807) is 0 Å². The number of anilines is 6. The highest BCUT2D eigenvalue weighted by molar-refractivity contribution is 7.33. The molecule has 0 amide bonds. The minimum atomic E-state index is -0.117. The maximum Gasteiger partial charge on any atom is 0.264 e. The SMILES string of the molecule is CC(C)(C)c1cc2c3c(c1)N(c1ccc4ccc5ccccc5c4c1)c1c(sc4cc5c(cc14)C(C)(C)CCC5(C)C)B3c1cc3c(cc1N2c1ccc2c(c1)C(C)(C)CCC2(C)C)C(C)(C)CCC3(C)C. The lowest BCUT2D eigenvalue weighted by atomic mass is 9.35. The molecule has 0 fully saturated rings. The Morgan fingerprint density at radius 3 is 1.54 bits per heavy atom. The van der Waals surface area contributed by atoms with Crippen molar-refractivity contribution in [1.29, 1.82) is 0 Å². The highest BCUT2D eigenvalue weighted by Crippen LogP contribution is 2.56. The lowest BCUT2D eigenvalue weighted by molar-refractivity contribution is 0.332. The third-order valence-electron chi connectivity index (χ3n) is 19.6. The van der Waals surface area contributed by atoms with E-state index in [0.717, 1.165) is 0 Å². The second-order valence-corrected chi connectivity index (χ2v) is 29.3. The second kappa shape index (κ2) is 14.7. The van der Waals surface area contributed by atoms with Gasteiger partial charge in [0.1, 0.15) is 0 Å². The van der Waals surface area contributed by atoms with Crippen LogP contribution in [0.25, 0.3) is 31.6 Å². The molecule has 0 unspecified atom stereocenters. The third kappa shape index (κ3) is 6.58. The van der Waals surface area contributed by atoms with Gasteiger partial charge in [-0.15, -0.1) is 11.3 Å². The number of hydrogen-bond donors (Lipinski definition) is 0. The molecule has 0 spiro atoms. The lowest BCUT2D eigenvalue weighted by Crippen LogP contribution is -2.61. The standard InChI is InChI=1S/C68H75BN2S/c1-62(2,3)42-32-56-59-57(33-42)71(43-23-22-41-21-20-40-18-16-17-19-45(40)46(41)34-43)60-47-36-50-53(68(14,15)31-28-65(50,8)9)39-58(47)72-61(60)69(59)54-37-51-52(67(12,13)30-29-66(51,10)11)38-55(54)70(56)44-24-25-48-49(35-44)64(6,7)27-26-63(48,4)5/h16-25,32-39H,26-31H2,1-15H3. The van der Waals surface area contributed by atoms with Crippen molar-refractivity contribution in [3.05, 3.63) is 148 Å². The van der Waals surface area contributed by atoms with Crippen molar-refractivity contribution in [2.24, 2.45) is 0 Å². The van der Waals surface area contributed by atoms with Crippen LogP contribution in [0.3, 0.4) is 0 Å². The number of nitrogens with zero attached hydrogens (tertiary/aromatic N) is 2. The van der Waals surface area contributed by atoms with Crippen molar-refractivity contribution in [2.45, 2.75) is 180 Å². The van der Waals surface area contributed by atoms with Crippen molar-refractivity contribution < 1.29 is 0 Å². The maximum atomic E-state index is 2.75. The molecule has 0 saturated heterocycles. The molecule has 5 aliphatic rings. The van der Waals surface area contributed by atoms with Crippen LogP contribution in [0.15, 0.2) is 109 Å². The molecule has 72 heavy (non-hydrogen) atoms. The molecule has 2 nitrogen and oxygen atoms in total. The Morgan fingerprint density at radius 2 is 0.917 bits per heavy atom. The van der Waals surface area contributed by atoms with Gasteiger partial charge in [-0.05, 0) is 202 Å². The first kappa shape index (κ1) is 46.5. The molecule has 7 aromatic carbocycles. The smallest absolute Gasteiger partial charge is 0.264 e. The van der Waals surface area contributed by atoms with Crippen molar-refractivity contribution in [3.63, 3.8) is 0 Å². The van der Waals surface area contributed by atoms with E-state index in [1.807, 2.05) is 0 Å². The summed E-state index contributed by atoms with van der Waals surface area (Å²) in [5, 5.41) is 6.57. The monoisotopic (exact) mass is 963 g/mol. The van der Waals surface area contributed by atoms with Gasteiger partial charge in [-0.2, -0.15) is 0 Å². The summed E-state index contributed by atoms with van der Waals surface area (Å²) in [5.74, 6) is 0. The van der Waals surface area contributed by atoms with Crippen LogP contribution in [0.4, 0.5) is 34.1 Å². The van der Waals surface area contributed by atoms with Crippen LogP contribution in [0.2, 0.25) is 0 Å². The summed E-state index contributed by atoms with van der Waals surface area (Å²) in [6, 6.07) is 44.5. The first-order valence-corrected chi connectivity index (χ1v) is 28.2. The Labute approximate surface area is 435 Å². The average molecular weight is 963 g/mol. The van der Waals surface area contributed by atoms with Gasteiger partial charge in [0.2, 0.25) is 0 Å². The molecule has 1 aromatic heterocycles. The topological polar surface area (TPSA) is 6.48 Å². The summed E-state index contributed by atoms with van der Waals surface area (Å²) in [7, 11) is 0. The van der Waals surface area contributed by atoms with E-state index in [1.165, 1.54) is 159 Å². The van der Waals surface area contributed by atoms with Crippen LogP contribution in [0, 0.1) is 0 Å². The number of thiophene rings is 1. The van der Waals surface area contributed by atoms with Gasteiger partial charge in [-0.3, -0.25) is 0 Å². The van der Waals surface area contributed by atoms with Crippen molar-refractivity contribution in [3.8, 4) is 0 Å². The van der Waals surface area contributed by atoms with E-state index in [2.05, 4.69) is 234 Å². The quantitative estimate of drug-likeness (QED) is 0.126. The Kier molecular flexibility index (Phi) is 9.49. The van der Waals surface area contributed by atoms with Gasteiger partial charge in [0, 0.05) is 43.3 Å². The fourth-order valence-corrected chi connectivity index (χ4v) is 15.8. The van der Waals surface area contributed by atoms with Crippen LogP contribution >= 0.6 is 11.3 Å². The molecule has 0 atom stereocenters. The summed E-state index contributed by atoms with van der Waals surface area (Å²) >= 11 is 2.08. The molecule has 0 radical (unpaired) electrons. The van der Waals surface area contributed by atoms with Crippen LogP contribution in [-0.2, 0) is 37.9 Å². The Balaban J connectivity index is 1.19. The van der Waals surface area contributed by atoms with Gasteiger partial charge >= 0.3 is 0 Å². The first-order valence-electron chi connectivity index (χ1n) is 27.4. The summed E-state index contributed by atoms with van der Waals surface area (Å²) in [4.78, 5) is 5.50. The zero-order chi connectivity index (χ0) is 50.6. The van der Waals surface area contributed by atoms with Gasteiger partial charge in [-0.25, -0.2) is 0 Å². The summed E-state index contributed by atoms with van der Waals surface area (Å²) < 4.78 is 2.88. The van der Waals surface area contributed by atoms with E-state index in [4.69, 9.17) is 0 Å². The van der Waals surface area contributed by atoms with E-state index in [0.29, 0.717) is 0 Å². The van der Waals surface area contributed by atoms with Crippen LogP contribution < -0.4 is 25.5 Å². The fraction of sp³-hybridized carbons (Fsp3) is 0.412. The Bertz CT molecular complexity index is 3660. The van der Waals surface area contributed by atoms with Crippen LogP contribution in [0.1, 0.15) is 181 Å². The Hall–Kier alpha value is -5.32. The summed E-state index contributed by atoms with van der Waals surface area (Å²) in [6.45, 7) is 37.2. The molecular weight excluding hydrogens is 888 g/mol. The zero-order valence-corrected chi connectivity index (χ0v) is 46.8. The zero-order valence-electron chi connectivity index (χ0n) is 46.0. The van der Waals surface area contributed by atoms with Crippen LogP contribution in [-0.4, -0.2) is 6.71 Å². The van der Waals surface area contributed by atoms with Gasteiger partial charge < -0.3 is 9.80 Å². The molecular formula is C68H75BN2S. The summed E-state index contributed by atoms with van der Waals surface area (Å²) in [5.41, 5.74) is 21.6. The van der Waals surface area contributed by atoms with Crippen molar-refractivity contribution >= 4 is 99.5 Å². The molecule has 3 aliphatic carbocycles. The third-order valence-corrected chi connectivity index (χ3v) is 20.8. The van der Waals surface area contributed by atoms with Crippen molar-refractivity contribution in [1.82, 2.24) is 0 Å². The predicted molar refractivity (Wildman–Crippen MR) is 315 cm³/mol. The Morgan fingerprint density at radius 1 is 0.431 bits per heavy atom. The van der Waals surface area contributed by atoms with E-state index in [-0.39, 0.29) is 44.6 Å². The largest absolute Gasteiger partial charge is 0.311 e. The first-order chi connectivity index (χ1) is 33.8. The number of rotatable bonds is 2. The number of hydrogen-bond acceptors (Lipinski definition) is 3. The fourth-order valence-electron chi connectivity index (χ4n) is 14.4. The molecule has 0 N–H and O–H groups in total. The highest BCUT2D eigenvalue weighted by Gasteiger charge is 2.49. The van der Waals surface area contributed by atoms with Gasteiger partial charge in [0.25, 0.3) is 6.71 Å². The number of benzene rings is 7. The van der Waals surface area contributed by atoms with Crippen molar-refractivity contribution in [2.75, 3.05) is 9.80 Å². The molecule has 3 heterocycles. The summed E-state index contributed by atoms with van der Waals surface area (Å²) in [6.07, 6.45) is 7.14. The minimum Gasteiger partial charge on any atom is -0.311 e. The maximum absolute atomic E-state index is 2.75. The van der Waals surface area contributed by atoms with Gasteiger partial charge in [0.15, 0.2) is 0 Å². The number of fused-ring (bicyclic) bond motifs is 12. The van der Waals surface area contributed by atoms with Crippen LogP contribution in [0.5, 0.6) is 0 Å². The normalized spacial score (nSPS) is 20.4. The second-order valence-electron chi connectivity index (χ2n) is 28.2. The molecule has 8 aromatic rings. The van der Waals surface area contributed by atoms with Gasteiger partial charge in [-0.1, -0.05) is 158 Å². The minimum absolute atomic E-state index is 0.0528. The van der Waals surface area contributed by atoms with E-state index < -0.39 is 0 Å². The van der Waals surface area contributed by atoms with E-state index >= 15 is 0 Å². The molecule has 4 heteroatoms. The molecule has 0 saturated carbocycles. The molecule has 2 aliphatic heterocycles. The molecule has 0 bridgehead atoms. The van der Waals surface area contributed by atoms with Gasteiger partial charge in [0.05, 0.1) is 5.69 Å². The average Bonchev–Trinajstić information content (AvgIpc) is 3.70. The predicted octanol–water partition coefficient (Wildman–Crippen LogP) is 17.6. The molecule has 366 valence electrons. The highest BCUT2D eigenvalue weighted by atomic mass is 32.1. The molecule has 13 rings (SSSR count). The lowest BCUT2D eigenvalue weighted by Gasteiger charge is -2.48. The van der Waals surface area contributed by atoms with E-state index in [9.17, 15) is 0 Å².